The molecule has 30 heavy (non-hydrogen) atoms. The second-order valence-electron chi connectivity index (χ2n) is 8.45. The van der Waals surface area contributed by atoms with Gasteiger partial charge in [-0.3, -0.25) is 9.59 Å². The third-order valence-electron chi connectivity index (χ3n) is 5.72. The molecule has 1 amide bonds. The molecule has 1 heterocycles. The number of likely N-dealkylation sites (tertiary alicyclic amines) is 1. The average molecular weight is 452 g/mol. The summed E-state index contributed by atoms with van der Waals surface area (Å²) in [6.45, 7) is 5.46. The van der Waals surface area contributed by atoms with Crippen LogP contribution < -0.4 is 0 Å². The van der Waals surface area contributed by atoms with E-state index >= 15 is 0 Å². The first-order chi connectivity index (χ1) is 14.0. The van der Waals surface area contributed by atoms with E-state index in [2.05, 4.69) is 0 Å². The van der Waals surface area contributed by atoms with Crippen molar-refractivity contribution in [3.8, 4) is 0 Å². The molecular formula is C23H24Cl2FNO3. The molecule has 1 N–H and O–H groups in total. The van der Waals surface area contributed by atoms with Crippen LogP contribution in [0.4, 0.5) is 4.39 Å². The molecule has 4 nitrogen and oxygen atoms in total. The van der Waals surface area contributed by atoms with Gasteiger partial charge in [-0.15, -0.1) is 0 Å². The Morgan fingerprint density at radius 2 is 1.80 bits per heavy atom. The maximum Gasteiger partial charge on any atom is 0.304 e. The topological polar surface area (TPSA) is 57.6 Å². The fraction of sp³-hybridized carbons (Fsp3) is 0.391. The Hall–Kier alpha value is -2.11. The third-order valence-corrected chi connectivity index (χ3v) is 6.19. The molecule has 0 aromatic heterocycles. The number of hydrogen-bond acceptors (Lipinski definition) is 2. The van der Waals surface area contributed by atoms with Gasteiger partial charge in [0.05, 0.1) is 17.9 Å². The standard InChI is InChI=1S/C23H24Cl2FNO3/c1-13(2)27-21(14-4-6-16(24)7-5-14)19(15-8-17(25)10-18(26)9-15)11-23(3,22(27)30)12-20(28)29/h4-10,13,19,21H,11-12H2,1-3H3,(H,28,29). The van der Waals surface area contributed by atoms with Crippen molar-refractivity contribution in [1.82, 2.24) is 4.90 Å². The normalized spacial score (nSPS) is 24.4. The molecule has 0 spiro atoms. The quantitative estimate of drug-likeness (QED) is 0.598. The number of carbonyl (C=O) groups excluding carboxylic acids is 1. The van der Waals surface area contributed by atoms with Crippen molar-refractivity contribution in [3.05, 3.63) is 69.5 Å². The summed E-state index contributed by atoms with van der Waals surface area (Å²) in [4.78, 5) is 26.8. The van der Waals surface area contributed by atoms with E-state index in [1.165, 1.54) is 12.1 Å². The molecule has 1 aliphatic heterocycles. The van der Waals surface area contributed by atoms with Gasteiger partial charge < -0.3 is 10.0 Å². The highest BCUT2D eigenvalue weighted by Gasteiger charge is 2.51. The van der Waals surface area contributed by atoms with Gasteiger partial charge in [0.25, 0.3) is 0 Å². The Bertz CT molecular complexity index is 943. The van der Waals surface area contributed by atoms with E-state index in [4.69, 9.17) is 23.2 Å². The zero-order valence-electron chi connectivity index (χ0n) is 17.0. The lowest BCUT2D eigenvalue weighted by molar-refractivity contribution is -0.159. The number of rotatable bonds is 5. The second-order valence-corrected chi connectivity index (χ2v) is 9.32. The van der Waals surface area contributed by atoms with E-state index in [-0.39, 0.29) is 35.7 Å². The minimum atomic E-state index is -1.12. The molecule has 1 fully saturated rings. The molecule has 1 saturated heterocycles. The Kier molecular flexibility index (Phi) is 6.44. The van der Waals surface area contributed by atoms with Crippen LogP contribution in [0, 0.1) is 11.2 Å². The maximum atomic E-state index is 14.2. The average Bonchev–Trinajstić information content (AvgIpc) is 2.62. The van der Waals surface area contributed by atoms with Crippen molar-refractivity contribution >= 4 is 35.1 Å². The van der Waals surface area contributed by atoms with Crippen LogP contribution in [0.3, 0.4) is 0 Å². The van der Waals surface area contributed by atoms with Crippen molar-refractivity contribution in [2.45, 2.75) is 51.6 Å². The van der Waals surface area contributed by atoms with Gasteiger partial charge in [-0.1, -0.05) is 42.3 Å². The highest BCUT2D eigenvalue weighted by atomic mass is 35.5. The summed E-state index contributed by atoms with van der Waals surface area (Å²) in [7, 11) is 0. The van der Waals surface area contributed by atoms with E-state index in [9.17, 15) is 19.1 Å². The molecule has 0 bridgehead atoms. The van der Waals surface area contributed by atoms with Crippen LogP contribution >= 0.6 is 23.2 Å². The summed E-state index contributed by atoms with van der Waals surface area (Å²) in [6.07, 6.45) is -0.0453. The molecule has 1 aliphatic rings. The van der Waals surface area contributed by atoms with Gasteiger partial charge in [-0.2, -0.15) is 0 Å². The van der Waals surface area contributed by atoms with Gasteiger partial charge in [-0.25, -0.2) is 4.39 Å². The summed E-state index contributed by atoms with van der Waals surface area (Å²) < 4.78 is 14.2. The smallest absolute Gasteiger partial charge is 0.304 e. The molecule has 3 atom stereocenters. The van der Waals surface area contributed by atoms with Gasteiger partial charge in [0.1, 0.15) is 5.82 Å². The molecule has 3 rings (SSSR count). The SMILES string of the molecule is CC(C)N1C(=O)C(C)(CC(=O)O)CC(c2cc(F)cc(Cl)c2)C1c1ccc(Cl)cc1. The van der Waals surface area contributed by atoms with Crippen LogP contribution in [0.2, 0.25) is 10.0 Å². The van der Waals surface area contributed by atoms with Crippen LogP contribution in [-0.2, 0) is 9.59 Å². The number of aliphatic carboxylic acids is 1. The highest BCUT2D eigenvalue weighted by Crippen LogP contribution is 2.52. The molecule has 2 aromatic carbocycles. The number of nitrogens with zero attached hydrogens (tertiary/aromatic N) is 1. The fourth-order valence-corrected chi connectivity index (χ4v) is 4.85. The van der Waals surface area contributed by atoms with E-state index in [0.717, 1.165) is 5.56 Å². The number of benzene rings is 2. The Balaban J connectivity index is 2.21. The van der Waals surface area contributed by atoms with Crippen molar-refractivity contribution < 1.29 is 19.1 Å². The van der Waals surface area contributed by atoms with Crippen molar-refractivity contribution in [1.29, 1.82) is 0 Å². The minimum Gasteiger partial charge on any atom is -0.481 e. The molecule has 0 radical (unpaired) electrons. The maximum absolute atomic E-state index is 14.2. The Labute approximate surface area is 185 Å². The molecule has 7 heteroatoms. The molecular weight excluding hydrogens is 428 g/mol. The van der Waals surface area contributed by atoms with Crippen LogP contribution in [0.1, 0.15) is 56.7 Å². The highest BCUT2D eigenvalue weighted by molar-refractivity contribution is 6.30. The molecule has 0 aliphatic carbocycles. The summed E-state index contributed by atoms with van der Waals surface area (Å²) in [5.41, 5.74) is 0.363. The summed E-state index contributed by atoms with van der Waals surface area (Å²) >= 11 is 12.2. The van der Waals surface area contributed by atoms with Crippen molar-refractivity contribution in [3.63, 3.8) is 0 Å². The zero-order chi connectivity index (χ0) is 22.2. The van der Waals surface area contributed by atoms with Gasteiger partial charge in [0, 0.05) is 22.0 Å². The number of halogens is 3. The number of carboxylic acid groups (broad SMARTS) is 1. The van der Waals surface area contributed by atoms with Crippen molar-refractivity contribution in [2.75, 3.05) is 0 Å². The Morgan fingerprint density at radius 3 is 2.33 bits per heavy atom. The first kappa shape index (κ1) is 22.6. The number of carbonyl (C=O) groups is 2. The number of hydrogen-bond donors (Lipinski definition) is 1. The largest absolute Gasteiger partial charge is 0.481 e. The summed E-state index contributed by atoms with van der Waals surface area (Å²) in [5, 5.41) is 10.3. The first-order valence-electron chi connectivity index (χ1n) is 9.78. The number of piperidine rings is 1. The molecule has 3 unspecified atom stereocenters. The minimum absolute atomic E-state index is 0.196. The third kappa shape index (κ3) is 4.47. The van der Waals surface area contributed by atoms with E-state index < -0.39 is 23.2 Å². The van der Waals surface area contributed by atoms with E-state index in [0.29, 0.717) is 10.6 Å². The van der Waals surface area contributed by atoms with E-state index in [1.54, 1.807) is 30.0 Å². The monoisotopic (exact) mass is 451 g/mol. The van der Waals surface area contributed by atoms with E-state index in [1.807, 2.05) is 26.0 Å². The van der Waals surface area contributed by atoms with Gasteiger partial charge in [0.2, 0.25) is 5.91 Å². The van der Waals surface area contributed by atoms with Gasteiger partial charge >= 0.3 is 5.97 Å². The zero-order valence-corrected chi connectivity index (χ0v) is 18.5. The lowest BCUT2D eigenvalue weighted by Crippen LogP contribution is -2.54. The van der Waals surface area contributed by atoms with Crippen LogP contribution in [0.25, 0.3) is 0 Å². The van der Waals surface area contributed by atoms with Crippen LogP contribution in [-0.4, -0.2) is 27.9 Å². The molecule has 160 valence electrons. The number of carboxylic acids is 1. The van der Waals surface area contributed by atoms with Crippen molar-refractivity contribution in [2.24, 2.45) is 5.41 Å². The molecule has 2 aromatic rings. The van der Waals surface area contributed by atoms with Gasteiger partial charge in [0.15, 0.2) is 0 Å². The lowest BCUT2D eigenvalue weighted by atomic mass is 9.67. The fourth-order valence-electron chi connectivity index (χ4n) is 4.50. The van der Waals surface area contributed by atoms with Crippen LogP contribution in [0.5, 0.6) is 0 Å². The van der Waals surface area contributed by atoms with Gasteiger partial charge in [-0.05, 0) is 61.7 Å². The van der Waals surface area contributed by atoms with Crippen LogP contribution in [0.15, 0.2) is 42.5 Å². The number of amides is 1. The molecule has 0 saturated carbocycles. The first-order valence-corrected chi connectivity index (χ1v) is 10.5. The summed E-state index contributed by atoms with van der Waals surface area (Å²) in [5.74, 6) is -2.08. The predicted octanol–water partition coefficient (Wildman–Crippen LogP) is 6.08. The predicted molar refractivity (Wildman–Crippen MR) is 115 cm³/mol. The Morgan fingerprint density at radius 1 is 1.17 bits per heavy atom. The lowest BCUT2D eigenvalue weighted by Gasteiger charge is -2.50. The second kappa shape index (κ2) is 8.56. The summed E-state index contributed by atoms with van der Waals surface area (Å²) in [6, 6.07) is 10.9.